The molecule has 1 aliphatic heterocycles. The molecule has 3 nitrogen and oxygen atoms in total. The minimum Gasteiger partial charge on any atom is -0.253 e. The summed E-state index contributed by atoms with van der Waals surface area (Å²) >= 11 is 0. The summed E-state index contributed by atoms with van der Waals surface area (Å²) in [6.07, 6.45) is 16.0. The summed E-state index contributed by atoms with van der Waals surface area (Å²) in [7, 11) is -3.12. The predicted molar refractivity (Wildman–Crippen MR) is 67.2 cm³/mol. The molecule has 0 spiro atoms. The monoisotopic (exact) mass is 241 g/mol. The largest absolute Gasteiger partial charge is 0.253 e. The predicted octanol–water partition coefficient (Wildman–Crippen LogP) is 2.80. The van der Waals surface area contributed by atoms with Crippen molar-refractivity contribution in [2.24, 2.45) is 0 Å². The third kappa shape index (κ3) is 4.23. The molecule has 0 amide bonds. The first-order valence-electron chi connectivity index (χ1n) is 5.69. The molecule has 0 aromatic carbocycles. The lowest BCUT2D eigenvalue weighted by molar-refractivity contribution is 0.504. The van der Waals surface area contributed by atoms with Crippen molar-refractivity contribution in [3.63, 3.8) is 0 Å². The summed E-state index contributed by atoms with van der Waals surface area (Å²) in [6.45, 7) is 1.62. The average Bonchev–Trinajstić information content (AvgIpc) is 2.43. The highest BCUT2D eigenvalue weighted by Crippen LogP contribution is 2.15. The summed E-state index contributed by atoms with van der Waals surface area (Å²) in [5.41, 5.74) is 0. The molecule has 1 heterocycles. The molecule has 0 atom stereocenters. The maximum atomic E-state index is 11.3. The van der Waals surface area contributed by atoms with Crippen molar-refractivity contribution in [2.75, 3.05) is 5.75 Å². The number of hydrogen-bond acceptors (Lipinski definition) is 2. The van der Waals surface area contributed by atoms with E-state index in [2.05, 4.69) is 0 Å². The molecular formula is C12H19NO2S. The second-order valence-electron chi connectivity index (χ2n) is 3.71. The Bertz CT molecular complexity index is 356. The second-order valence-corrected chi connectivity index (χ2v) is 5.88. The first-order chi connectivity index (χ1) is 7.67. The smallest absolute Gasteiger partial charge is 0.238 e. The van der Waals surface area contributed by atoms with Gasteiger partial charge in [-0.05, 0) is 19.1 Å². The summed E-state index contributed by atoms with van der Waals surface area (Å²) in [4.78, 5) is 0. The summed E-state index contributed by atoms with van der Waals surface area (Å²) in [5, 5.41) is 0. The van der Waals surface area contributed by atoms with E-state index in [4.69, 9.17) is 0 Å². The van der Waals surface area contributed by atoms with Crippen LogP contribution in [0.25, 0.3) is 0 Å². The molecule has 0 aromatic heterocycles. The molecule has 1 aliphatic carbocycles. The number of sulfonamides is 1. The van der Waals surface area contributed by atoms with Gasteiger partial charge >= 0.3 is 0 Å². The maximum Gasteiger partial charge on any atom is 0.238 e. The summed E-state index contributed by atoms with van der Waals surface area (Å²) in [6, 6.07) is 0. The lowest BCUT2D eigenvalue weighted by Gasteiger charge is -2.12. The Morgan fingerprint density at radius 3 is 1.69 bits per heavy atom. The normalized spacial score (nSPS) is 18.4. The van der Waals surface area contributed by atoms with Gasteiger partial charge in [0.2, 0.25) is 10.0 Å². The van der Waals surface area contributed by atoms with Crippen LogP contribution in [0.4, 0.5) is 0 Å². The number of nitrogens with zero attached hydrogens (tertiary/aromatic N) is 1. The maximum absolute atomic E-state index is 11.3. The van der Waals surface area contributed by atoms with Gasteiger partial charge in [-0.1, -0.05) is 37.8 Å². The van der Waals surface area contributed by atoms with Gasteiger partial charge in [0.25, 0.3) is 0 Å². The number of allylic oxidation sites excluding steroid dienone is 4. The van der Waals surface area contributed by atoms with E-state index in [0.717, 1.165) is 0 Å². The molecule has 2 aliphatic rings. The van der Waals surface area contributed by atoms with E-state index >= 15 is 0 Å². The van der Waals surface area contributed by atoms with Crippen LogP contribution in [-0.2, 0) is 10.0 Å². The van der Waals surface area contributed by atoms with Gasteiger partial charge in [0.1, 0.15) is 0 Å². The highest BCUT2D eigenvalue weighted by molar-refractivity contribution is 7.89. The van der Waals surface area contributed by atoms with Crippen LogP contribution < -0.4 is 0 Å². The zero-order chi connectivity index (χ0) is 11.9. The Balaban J connectivity index is 0.000000267. The molecule has 90 valence electrons. The SMILES string of the molecule is C1CCC1.CCS(=O)(=O)N1C=CC=CC=C1. The minimum atomic E-state index is -3.12. The minimum absolute atomic E-state index is 0.113. The third-order valence-electron chi connectivity index (χ3n) is 2.49. The molecule has 0 radical (unpaired) electrons. The van der Waals surface area contributed by atoms with Crippen molar-refractivity contribution in [2.45, 2.75) is 32.6 Å². The van der Waals surface area contributed by atoms with Gasteiger partial charge in [-0.3, -0.25) is 4.31 Å². The van der Waals surface area contributed by atoms with E-state index in [1.165, 1.54) is 42.4 Å². The first-order valence-corrected chi connectivity index (χ1v) is 7.30. The van der Waals surface area contributed by atoms with Crippen LogP contribution in [0.3, 0.4) is 0 Å². The Labute approximate surface area is 98.2 Å². The van der Waals surface area contributed by atoms with E-state index in [0.29, 0.717) is 0 Å². The van der Waals surface area contributed by atoms with Crippen LogP contribution in [0.1, 0.15) is 32.6 Å². The molecule has 0 unspecified atom stereocenters. The van der Waals surface area contributed by atoms with Crippen molar-refractivity contribution in [3.05, 3.63) is 36.7 Å². The highest BCUT2D eigenvalue weighted by atomic mass is 32.2. The fraction of sp³-hybridized carbons (Fsp3) is 0.500. The van der Waals surface area contributed by atoms with Crippen molar-refractivity contribution in [3.8, 4) is 0 Å². The van der Waals surface area contributed by atoms with Gasteiger partial charge in [-0.2, -0.15) is 0 Å². The van der Waals surface area contributed by atoms with Crippen molar-refractivity contribution in [1.29, 1.82) is 0 Å². The fourth-order valence-electron chi connectivity index (χ4n) is 1.03. The molecule has 0 aromatic rings. The van der Waals surface area contributed by atoms with E-state index in [9.17, 15) is 8.42 Å². The highest BCUT2D eigenvalue weighted by Gasteiger charge is 2.12. The summed E-state index contributed by atoms with van der Waals surface area (Å²) < 4.78 is 23.8. The molecule has 1 fully saturated rings. The molecular weight excluding hydrogens is 222 g/mol. The summed E-state index contributed by atoms with van der Waals surface area (Å²) in [5.74, 6) is 0.113. The standard InChI is InChI=1S/C8H11NO2S.C4H8/c1-2-12(10,11)9-7-5-3-4-6-8-9;1-2-4-3-1/h3-8H,2H2,1H3;1-4H2. The molecule has 0 bridgehead atoms. The lowest BCUT2D eigenvalue weighted by Crippen LogP contribution is -2.21. The molecule has 0 saturated heterocycles. The molecule has 4 heteroatoms. The Hall–Kier alpha value is -1.03. The Kier molecular flexibility index (Phi) is 5.32. The topological polar surface area (TPSA) is 37.4 Å². The molecule has 2 rings (SSSR count). The molecule has 0 N–H and O–H groups in total. The van der Waals surface area contributed by atoms with Crippen molar-refractivity contribution in [1.82, 2.24) is 4.31 Å². The van der Waals surface area contributed by atoms with Crippen molar-refractivity contribution < 1.29 is 8.42 Å². The van der Waals surface area contributed by atoms with E-state index in [1.54, 1.807) is 31.2 Å². The zero-order valence-corrected chi connectivity index (χ0v) is 10.5. The lowest BCUT2D eigenvalue weighted by atomic mass is 10.0. The fourth-order valence-corrected chi connectivity index (χ4v) is 1.84. The third-order valence-corrected chi connectivity index (χ3v) is 4.10. The van der Waals surface area contributed by atoms with Gasteiger partial charge in [0.15, 0.2) is 0 Å². The van der Waals surface area contributed by atoms with Gasteiger partial charge < -0.3 is 0 Å². The Morgan fingerprint density at radius 1 is 0.938 bits per heavy atom. The van der Waals surface area contributed by atoms with Crippen LogP contribution in [0.5, 0.6) is 0 Å². The number of rotatable bonds is 2. The quantitative estimate of drug-likeness (QED) is 0.745. The van der Waals surface area contributed by atoms with Gasteiger partial charge in [0.05, 0.1) is 5.75 Å². The van der Waals surface area contributed by atoms with E-state index in [1.807, 2.05) is 0 Å². The number of hydrogen-bond donors (Lipinski definition) is 0. The van der Waals surface area contributed by atoms with Crippen LogP contribution in [-0.4, -0.2) is 18.5 Å². The van der Waals surface area contributed by atoms with Crippen molar-refractivity contribution >= 4 is 10.0 Å². The van der Waals surface area contributed by atoms with Crippen LogP contribution in [0.2, 0.25) is 0 Å². The van der Waals surface area contributed by atoms with Crippen LogP contribution >= 0.6 is 0 Å². The van der Waals surface area contributed by atoms with E-state index < -0.39 is 10.0 Å². The molecule has 16 heavy (non-hydrogen) atoms. The van der Waals surface area contributed by atoms with Crippen LogP contribution in [0.15, 0.2) is 36.7 Å². The first kappa shape index (κ1) is 13.0. The molecule has 1 saturated carbocycles. The Morgan fingerprint density at radius 2 is 1.38 bits per heavy atom. The van der Waals surface area contributed by atoms with Gasteiger partial charge in [-0.25, -0.2) is 8.42 Å². The zero-order valence-electron chi connectivity index (χ0n) is 9.67. The average molecular weight is 241 g/mol. The van der Waals surface area contributed by atoms with Gasteiger partial charge in [0, 0.05) is 12.4 Å². The second kappa shape index (κ2) is 6.53. The van der Waals surface area contributed by atoms with Crippen LogP contribution in [0, 0.1) is 0 Å². The van der Waals surface area contributed by atoms with Gasteiger partial charge in [-0.15, -0.1) is 0 Å². The van der Waals surface area contributed by atoms with E-state index in [-0.39, 0.29) is 5.75 Å².